The maximum atomic E-state index is 11.5. The molecule has 0 radical (unpaired) electrons. The van der Waals surface area contributed by atoms with Gasteiger partial charge in [-0.1, -0.05) is 0 Å². The average Bonchev–Trinajstić information content (AvgIpc) is 2.12. The number of hydrogen-bond donors (Lipinski definition) is 2. The molecule has 0 heterocycles. The summed E-state index contributed by atoms with van der Waals surface area (Å²) in [7, 11) is 5.60. The standard InChI is InChI=1S/C12H21NO6/c1-13(2,3)8-9(7-11(16)17)19-12(18)6-4-5-10(14)15/h9H,4-8H2,1-3H3,(H-,14,15,16,17)/p+1/t9-/m0/s1. The third-order valence-electron chi connectivity index (χ3n) is 2.22. The molecule has 2 N–H and O–H groups in total. The second kappa shape index (κ2) is 7.73. The summed E-state index contributed by atoms with van der Waals surface area (Å²) >= 11 is 0. The van der Waals surface area contributed by atoms with Gasteiger partial charge in [0, 0.05) is 12.8 Å². The van der Waals surface area contributed by atoms with E-state index in [1.165, 1.54) is 0 Å². The van der Waals surface area contributed by atoms with Crippen molar-refractivity contribution >= 4 is 17.9 Å². The van der Waals surface area contributed by atoms with E-state index in [1.54, 1.807) is 0 Å². The number of carboxylic acid groups (broad SMARTS) is 2. The summed E-state index contributed by atoms with van der Waals surface area (Å²) in [5.41, 5.74) is 0. The van der Waals surface area contributed by atoms with E-state index in [1.807, 2.05) is 21.1 Å². The lowest BCUT2D eigenvalue weighted by molar-refractivity contribution is -0.873. The van der Waals surface area contributed by atoms with Gasteiger partial charge in [0.05, 0.1) is 27.6 Å². The molecule has 0 aromatic heterocycles. The summed E-state index contributed by atoms with van der Waals surface area (Å²) in [5, 5.41) is 17.2. The fourth-order valence-corrected chi connectivity index (χ4v) is 1.58. The molecule has 7 nitrogen and oxygen atoms in total. The Kier molecular flexibility index (Phi) is 7.06. The van der Waals surface area contributed by atoms with E-state index in [0.717, 1.165) is 0 Å². The number of esters is 1. The maximum Gasteiger partial charge on any atom is 0.307 e. The second-order valence-corrected chi connectivity index (χ2v) is 5.43. The van der Waals surface area contributed by atoms with E-state index in [-0.39, 0.29) is 25.7 Å². The van der Waals surface area contributed by atoms with E-state index >= 15 is 0 Å². The summed E-state index contributed by atoms with van der Waals surface area (Å²) in [6.45, 7) is 0.386. The number of likely N-dealkylation sites (N-methyl/N-ethyl adjacent to an activating group) is 1. The fourth-order valence-electron chi connectivity index (χ4n) is 1.58. The van der Waals surface area contributed by atoms with Crippen molar-refractivity contribution in [3.63, 3.8) is 0 Å². The van der Waals surface area contributed by atoms with Gasteiger partial charge in [-0.2, -0.15) is 0 Å². The van der Waals surface area contributed by atoms with Gasteiger partial charge in [0.2, 0.25) is 0 Å². The Morgan fingerprint density at radius 3 is 2.05 bits per heavy atom. The third-order valence-corrected chi connectivity index (χ3v) is 2.22. The van der Waals surface area contributed by atoms with Gasteiger partial charge in [-0.15, -0.1) is 0 Å². The van der Waals surface area contributed by atoms with Crippen molar-refractivity contribution in [1.29, 1.82) is 0 Å². The molecule has 0 rings (SSSR count). The normalized spacial score (nSPS) is 12.8. The van der Waals surface area contributed by atoms with E-state index < -0.39 is 24.0 Å². The Morgan fingerprint density at radius 1 is 1.05 bits per heavy atom. The topological polar surface area (TPSA) is 101 Å². The molecule has 110 valence electrons. The lowest BCUT2D eigenvalue weighted by Crippen LogP contribution is -2.43. The molecule has 0 unspecified atom stereocenters. The van der Waals surface area contributed by atoms with Crippen molar-refractivity contribution in [3.05, 3.63) is 0 Å². The molecule has 0 aromatic rings. The molecule has 0 fully saturated rings. The Balaban J connectivity index is 4.26. The Bertz CT molecular complexity index is 334. The maximum absolute atomic E-state index is 11.5. The van der Waals surface area contributed by atoms with Gasteiger partial charge in [0.1, 0.15) is 6.54 Å². The van der Waals surface area contributed by atoms with Crippen LogP contribution in [0.15, 0.2) is 0 Å². The molecule has 0 amide bonds. The quantitative estimate of drug-likeness (QED) is 0.465. The average molecular weight is 276 g/mol. The van der Waals surface area contributed by atoms with Crippen molar-refractivity contribution < 1.29 is 33.8 Å². The van der Waals surface area contributed by atoms with Crippen LogP contribution in [0.1, 0.15) is 25.7 Å². The van der Waals surface area contributed by atoms with Gasteiger partial charge in [-0.25, -0.2) is 0 Å². The minimum atomic E-state index is -1.03. The highest BCUT2D eigenvalue weighted by molar-refractivity contribution is 5.72. The zero-order valence-electron chi connectivity index (χ0n) is 11.6. The predicted molar refractivity (Wildman–Crippen MR) is 66.5 cm³/mol. The van der Waals surface area contributed by atoms with Crippen LogP contribution in [-0.2, 0) is 19.1 Å². The molecule has 0 aliphatic carbocycles. The van der Waals surface area contributed by atoms with Crippen molar-refractivity contribution in [1.82, 2.24) is 0 Å². The van der Waals surface area contributed by atoms with Crippen molar-refractivity contribution in [2.75, 3.05) is 27.7 Å². The van der Waals surface area contributed by atoms with Crippen molar-refractivity contribution in [2.24, 2.45) is 0 Å². The highest BCUT2D eigenvalue weighted by atomic mass is 16.5. The number of carbonyl (C=O) groups is 3. The van der Waals surface area contributed by atoms with E-state index in [4.69, 9.17) is 14.9 Å². The molecule has 0 spiro atoms. The number of carboxylic acids is 2. The van der Waals surface area contributed by atoms with Crippen LogP contribution >= 0.6 is 0 Å². The van der Waals surface area contributed by atoms with Crippen LogP contribution in [0, 0.1) is 0 Å². The number of hydrogen-bond acceptors (Lipinski definition) is 4. The lowest BCUT2D eigenvalue weighted by Gasteiger charge is -2.28. The van der Waals surface area contributed by atoms with Crippen LogP contribution in [0.5, 0.6) is 0 Å². The summed E-state index contributed by atoms with van der Waals surface area (Å²) in [4.78, 5) is 32.5. The second-order valence-electron chi connectivity index (χ2n) is 5.43. The van der Waals surface area contributed by atoms with Crippen LogP contribution in [0.4, 0.5) is 0 Å². The largest absolute Gasteiger partial charge is 0.481 e. The number of quaternary nitrogens is 1. The molecule has 19 heavy (non-hydrogen) atoms. The highest BCUT2D eigenvalue weighted by Crippen LogP contribution is 2.08. The molecule has 0 saturated heterocycles. The Labute approximate surface area is 112 Å². The Hall–Kier alpha value is -1.63. The van der Waals surface area contributed by atoms with Gasteiger partial charge in [0.15, 0.2) is 6.10 Å². The smallest absolute Gasteiger partial charge is 0.307 e. The molecule has 0 aromatic carbocycles. The van der Waals surface area contributed by atoms with Crippen LogP contribution in [0.3, 0.4) is 0 Å². The molecule has 0 saturated carbocycles. The number of aliphatic carboxylic acids is 2. The van der Waals surface area contributed by atoms with Gasteiger partial charge in [-0.05, 0) is 6.42 Å². The molecular formula is C12H22NO6+. The zero-order valence-corrected chi connectivity index (χ0v) is 11.6. The molecule has 1 atom stereocenters. The number of nitrogens with zero attached hydrogens (tertiary/aromatic N) is 1. The molecular weight excluding hydrogens is 254 g/mol. The molecule has 0 bridgehead atoms. The first-order chi connectivity index (χ1) is 8.60. The summed E-state index contributed by atoms with van der Waals surface area (Å²) in [6.07, 6.45) is -0.874. The monoisotopic (exact) mass is 276 g/mol. The summed E-state index contributed by atoms with van der Waals surface area (Å²) in [6, 6.07) is 0. The minimum absolute atomic E-state index is 0.0143. The van der Waals surface area contributed by atoms with Crippen LogP contribution in [0.2, 0.25) is 0 Å². The van der Waals surface area contributed by atoms with Crippen LogP contribution in [-0.4, -0.2) is 66.4 Å². The Morgan fingerprint density at radius 2 is 1.63 bits per heavy atom. The molecule has 0 aliphatic rings. The first-order valence-electron chi connectivity index (χ1n) is 6.03. The zero-order chi connectivity index (χ0) is 15.1. The van der Waals surface area contributed by atoms with Crippen LogP contribution < -0.4 is 0 Å². The summed E-state index contributed by atoms with van der Waals surface area (Å²) < 4.78 is 5.56. The third kappa shape index (κ3) is 11.2. The highest BCUT2D eigenvalue weighted by Gasteiger charge is 2.24. The predicted octanol–water partition coefficient (Wildman–Crippen LogP) is 0.334. The number of rotatable bonds is 9. The SMILES string of the molecule is C[N+](C)(C)C[C@H](CC(=O)O)OC(=O)CCCC(=O)O. The van der Waals surface area contributed by atoms with Crippen molar-refractivity contribution in [3.8, 4) is 0 Å². The first-order valence-corrected chi connectivity index (χ1v) is 6.03. The van der Waals surface area contributed by atoms with Gasteiger partial charge in [0.25, 0.3) is 0 Å². The number of carbonyl (C=O) groups excluding carboxylic acids is 1. The fraction of sp³-hybridized carbons (Fsp3) is 0.750. The van der Waals surface area contributed by atoms with E-state index in [0.29, 0.717) is 11.0 Å². The minimum Gasteiger partial charge on any atom is -0.481 e. The van der Waals surface area contributed by atoms with Gasteiger partial charge >= 0.3 is 17.9 Å². The van der Waals surface area contributed by atoms with E-state index in [9.17, 15) is 14.4 Å². The van der Waals surface area contributed by atoms with Gasteiger partial charge in [-0.3, -0.25) is 14.4 Å². The molecule has 7 heteroatoms. The summed E-state index contributed by atoms with van der Waals surface area (Å²) in [5.74, 6) is -2.56. The number of ether oxygens (including phenoxy) is 1. The van der Waals surface area contributed by atoms with E-state index in [2.05, 4.69) is 0 Å². The molecule has 0 aliphatic heterocycles. The van der Waals surface area contributed by atoms with Crippen LogP contribution in [0.25, 0.3) is 0 Å². The first kappa shape index (κ1) is 17.4. The lowest BCUT2D eigenvalue weighted by atomic mass is 10.2. The van der Waals surface area contributed by atoms with Gasteiger partial charge < -0.3 is 19.4 Å². The van der Waals surface area contributed by atoms with Crippen molar-refractivity contribution in [2.45, 2.75) is 31.8 Å².